The summed E-state index contributed by atoms with van der Waals surface area (Å²) in [5.74, 6) is 1.12. The van der Waals surface area contributed by atoms with Gasteiger partial charge in [-0.05, 0) is 61.6 Å². The van der Waals surface area contributed by atoms with Crippen LogP contribution in [-0.4, -0.2) is 19.7 Å². The molecule has 2 aliphatic rings. The highest BCUT2D eigenvalue weighted by molar-refractivity contribution is 5.71. The van der Waals surface area contributed by atoms with Crippen LogP contribution in [0.3, 0.4) is 0 Å². The van der Waals surface area contributed by atoms with Crippen LogP contribution in [0.5, 0.6) is 5.75 Å². The van der Waals surface area contributed by atoms with Crippen LogP contribution in [0.4, 0.5) is 10.2 Å². The van der Waals surface area contributed by atoms with E-state index in [2.05, 4.69) is 15.7 Å². The van der Waals surface area contributed by atoms with Crippen molar-refractivity contribution in [2.75, 3.05) is 5.73 Å². The maximum Gasteiger partial charge on any atom is 0.166 e. The predicted molar refractivity (Wildman–Crippen MR) is 124 cm³/mol. The second kappa shape index (κ2) is 7.69. The Hall–Kier alpha value is -3.74. The molecule has 6 nitrogen and oxygen atoms in total. The zero-order chi connectivity index (χ0) is 22.5. The third-order valence-electron chi connectivity index (χ3n) is 6.48. The first-order valence-electron chi connectivity index (χ1n) is 11.3. The van der Waals surface area contributed by atoms with Crippen molar-refractivity contribution in [2.24, 2.45) is 5.92 Å². The van der Waals surface area contributed by atoms with Crippen LogP contribution in [0.15, 0.2) is 55.0 Å². The summed E-state index contributed by atoms with van der Waals surface area (Å²) in [6.45, 7) is 2.77. The van der Waals surface area contributed by atoms with Crippen molar-refractivity contribution >= 4 is 5.82 Å². The molecule has 3 aromatic heterocycles. The summed E-state index contributed by atoms with van der Waals surface area (Å²) < 4.78 is 22.6. The number of rotatable bonds is 2. The van der Waals surface area contributed by atoms with Gasteiger partial charge < -0.3 is 10.5 Å². The predicted octanol–water partition coefficient (Wildman–Crippen LogP) is 5.18. The van der Waals surface area contributed by atoms with Crippen LogP contribution in [0.1, 0.15) is 42.6 Å². The summed E-state index contributed by atoms with van der Waals surface area (Å²) in [7, 11) is 0. The molecule has 2 N–H and O–H groups in total. The van der Waals surface area contributed by atoms with Crippen molar-refractivity contribution in [3.05, 3.63) is 77.5 Å². The molecule has 1 aromatic carbocycles. The summed E-state index contributed by atoms with van der Waals surface area (Å²) in [5.41, 5.74) is 12.6. The first kappa shape index (κ1) is 19.9. The maximum atomic E-state index is 14.3. The van der Waals surface area contributed by atoms with Gasteiger partial charge in [0.2, 0.25) is 0 Å². The molecular formula is C26H24FN5O. The second-order valence-corrected chi connectivity index (χ2v) is 8.93. The Morgan fingerprint density at radius 1 is 1.12 bits per heavy atom. The van der Waals surface area contributed by atoms with E-state index < -0.39 is 6.10 Å². The largest absolute Gasteiger partial charge is 0.482 e. The standard InChI is InChI=1S/C26H24FN5O/c1-15-22-11-20(27)6-7-21(22)24-17(3-2-8-29-24)9-18-13-31-32(14-16-4-5-16)25(18)19-10-23(33-15)26(28)30-12-19/h2-3,6-8,10-13,15-16H,4-5,9,14H2,1H3,(H2,28,30)/t15-/m1/s1. The van der Waals surface area contributed by atoms with Gasteiger partial charge in [-0.15, -0.1) is 0 Å². The lowest BCUT2D eigenvalue weighted by Gasteiger charge is -2.22. The Bertz CT molecular complexity index is 1360. The van der Waals surface area contributed by atoms with Gasteiger partial charge in [-0.25, -0.2) is 9.37 Å². The number of hydrogen-bond acceptors (Lipinski definition) is 5. The number of hydrogen-bond donors (Lipinski definition) is 1. The number of pyridine rings is 2. The minimum atomic E-state index is -0.458. The third kappa shape index (κ3) is 3.63. The highest BCUT2D eigenvalue weighted by Crippen LogP contribution is 2.39. The Kier molecular flexibility index (Phi) is 4.64. The van der Waals surface area contributed by atoms with Gasteiger partial charge in [0.1, 0.15) is 11.9 Å². The molecule has 1 fully saturated rings. The smallest absolute Gasteiger partial charge is 0.166 e. The number of fused-ring (bicyclic) bond motifs is 7. The summed E-state index contributed by atoms with van der Waals surface area (Å²) in [5, 5.41) is 4.74. The van der Waals surface area contributed by atoms with Crippen molar-refractivity contribution in [1.82, 2.24) is 19.7 Å². The number of halogens is 1. The fourth-order valence-electron chi connectivity index (χ4n) is 4.62. The number of aromatic nitrogens is 4. The number of anilines is 1. The van der Waals surface area contributed by atoms with Gasteiger partial charge in [0, 0.05) is 47.6 Å². The molecule has 1 saturated carbocycles. The van der Waals surface area contributed by atoms with Crippen LogP contribution >= 0.6 is 0 Å². The Morgan fingerprint density at radius 3 is 2.85 bits per heavy atom. The first-order valence-corrected chi connectivity index (χ1v) is 11.3. The van der Waals surface area contributed by atoms with Gasteiger partial charge >= 0.3 is 0 Å². The van der Waals surface area contributed by atoms with E-state index in [-0.39, 0.29) is 5.82 Å². The average Bonchev–Trinajstić information content (AvgIpc) is 3.54. The first-order chi connectivity index (χ1) is 16.1. The molecule has 0 amide bonds. The normalized spacial score (nSPS) is 17.1. The lowest BCUT2D eigenvalue weighted by Crippen LogP contribution is -2.11. The molecule has 1 aliphatic heterocycles. The Balaban J connectivity index is 1.60. The zero-order valence-electron chi connectivity index (χ0n) is 18.3. The lowest BCUT2D eigenvalue weighted by molar-refractivity contribution is 0.227. The van der Waals surface area contributed by atoms with E-state index in [4.69, 9.17) is 20.6 Å². The fourth-order valence-corrected chi connectivity index (χ4v) is 4.62. The Labute approximate surface area is 191 Å². The van der Waals surface area contributed by atoms with Crippen LogP contribution in [0.2, 0.25) is 0 Å². The molecule has 4 aromatic rings. The van der Waals surface area contributed by atoms with Crippen molar-refractivity contribution < 1.29 is 9.13 Å². The minimum Gasteiger partial charge on any atom is -0.482 e. The maximum absolute atomic E-state index is 14.3. The molecule has 0 unspecified atom stereocenters. The summed E-state index contributed by atoms with van der Waals surface area (Å²) in [6.07, 6.45) is 8.15. The highest BCUT2D eigenvalue weighted by atomic mass is 19.1. The fraction of sp³-hybridized carbons (Fsp3) is 0.269. The second-order valence-electron chi connectivity index (χ2n) is 8.93. The van der Waals surface area contributed by atoms with Crippen LogP contribution in [0, 0.1) is 11.7 Å². The molecule has 0 saturated heterocycles. The molecule has 33 heavy (non-hydrogen) atoms. The van der Waals surface area contributed by atoms with E-state index >= 15 is 0 Å². The summed E-state index contributed by atoms with van der Waals surface area (Å²) >= 11 is 0. The molecular weight excluding hydrogens is 417 g/mol. The number of benzene rings is 1. The number of ether oxygens (including phenoxy) is 1. The van der Waals surface area contributed by atoms with Gasteiger partial charge in [-0.2, -0.15) is 5.10 Å². The monoisotopic (exact) mass is 441 g/mol. The molecule has 1 aliphatic carbocycles. The van der Waals surface area contributed by atoms with Crippen molar-refractivity contribution in [2.45, 2.75) is 38.8 Å². The van der Waals surface area contributed by atoms with Crippen LogP contribution < -0.4 is 10.5 Å². The molecule has 1 atom stereocenters. The SMILES string of the molecule is C[C@H]1Oc2cc(cnc2N)-c2c(cnn2CC2CC2)Cc2cccnc2-c2ccc(F)cc21. The van der Waals surface area contributed by atoms with E-state index in [1.807, 2.05) is 25.3 Å². The Morgan fingerprint density at radius 2 is 2.00 bits per heavy atom. The number of nitrogen functional groups attached to an aromatic ring is 1. The van der Waals surface area contributed by atoms with Crippen molar-refractivity contribution in [3.63, 3.8) is 0 Å². The number of nitrogens with two attached hydrogens (primary N) is 1. The van der Waals surface area contributed by atoms with Crippen molar-refractivity contribution in [1.29, 1.82) is 0 Å². The third-order valence-corrected chi connectivity index (χ3v) is 6.48. The van der Waals surface area contributed by atoms with E-state index in [0.717, 1.165) is 40.2 Å². The quantitative estimate of drug-likeness (QED) is 0.464. The van der Waals surface area contributed by atoms with E-state index in [9.17, 15) is 4.39 Å². The van der Waals surface area contributed by atoms with E-state index in [0.29, 0.717) is 29.5 Å². The van der Waals surface area contributed by atoms with Gasteiger partial charge in [0.05, 0.1) is 17.6 Å². The van der Waals surface area contributed by atoms with E-state index in [1.165, 1.54) is 25.0 Å². The van der Waals surface area contributed by atoms with Crippen molar-refractivity contribution in [3.8, 4) is 28.3 Å². The molecule has 7 heteroatoms. The minimum absolute atomic E-state index is 0.300. The van der Waals surface area contributed by atoms with Gasteiger partial charge in [0.25, 0.3) is 0 Å². The van der Waals surface area contributed by atoms with Gasteiger partial charge in [0.15, 0.2) is 11.6 Å². The average molecular weight is 442 g/mol. The lowest BCUT2D eigenvalue weighted by atomic mass is 9.93. The van der Waals surface area contributed by atoms with Gasteiger partial charge in [-0.1, -0.05) is 6.07 Å². The molecule has 2 bridgehead atoms. The molecule has 0 spiro atoms. The molecule has 166 valence electrons. The van der Waals surface area contributed by atoms with E-state index in [1.54, 1.807) is 18.5 Å². The number of nitrogens with zero attached hydrogens (tertiary/aromatic N) is 4. The zero-order valence-corrected chi connectivity index (χ0v) is 18.3. The molecule has 6 rings (SSSR count). The van der Waals surface area contributed by atoms with Gasteiger partial charge in [-0.3, -0.25) is 9.67 Å². The summed E-state index contributed by atoms with van der Waals surface area (Å²) in [6, 6.07) is 10.7. The van der Waals surface area contributed by atoms with Crippen LogP contribution in [-0.2, 0) is 13.0 Å². The van der Waals surface area contributed by atoms with Crippen LogP contribution in [0.25, 0.3) is 22.5 Å². The highest BCUT2D eigenvalue weighted by Gasteiger charge is 2.26. The summed E-state index contributed by atoms with van der Waals surface area (Å²) in [4.78, 5) is 9.12. The molecule has 4 heterocycles. The topological polar surface area (TPSA) is 78.9 Å². The molecule has 0 radical (unpaired) electrons.